The molecule has 3 nitrogen and oxygen atoms in total. The normalized spacial score (nSPS) is 19.3. The Kier molecular flexibility index (Phi) is 4.25. The first-order valence-electron chi connectivity index (χ1n) is 6.28. The predicted molar refractivity (Wildman–Crippen MR) is 73.5 cm³/mol. The van der Waals surface area contributed by atoms with Crippen molar-refractivity contribution in [2.75, 3.05) is 24.6 Å². The standard InChI is InChI=1S/C14H18ClNO2/c1-10(18)12-2-3-14(13(15)8-12)16-6-4-11(9-16)5-7-17/h2-3,8,11,17H,4-7,9H2,1H3. The van der Waals surface area contributed by atoms with Gasteiger partial charge in [-0.3, -0.25) is 4.79 Å². The summed E-state index contributed by atoms with van der Waals surface area (Å²) in [7, 11) is 0. The molecule has 1 aromatic carbocycles. The number of aliphatic hydroxyl groups is 1. The lowest BCUT2D eigenvalue weighted by molar-refractivity contribution is 0.101. The molecule has 98 valence electrons. The van der Waals surface area contributed by atoms with Crippen molar-refractivity contribution in [3.8, 4) is 0 Å². The van der Waals surface area contributed by atoms with Crippen molar-refractivity contribution >= 4 is 23.1 Å². The van der Waals surface area contributed by atoms with E-state index >= 15 is 0 Å². The van der Waals surface area contributed by atoms with Gasteiger partial charge in [0.05, 0.1) is 10.7 Å². The Morgan fingerprint density at radius 1 is 1.56 bits per heavy atom. The van der Waals surface area contributed by atoms with E-state index in [1.807, 2.05) is 12.1 Å². The Morgan fingerprint density at radius 2 is 2.33 bits per heavy atom. The van der Waals surface area contributed by atoms with Gasteiger partial charge >= 0.3 is 0 Å². The predicted octanol–water partition coefficient (Wildman–Crippen LogP) is 2.75. The van der Waals surface area contributed by atoms with Gasteiger partial charge < -0.3 is 10.0 Å². The number of anilines is 1. The molecule has 2 rings (SSSR count). The maximum Gasteiger partial charge on any atom is 0.159 e. The minimum atomic E-state index is 0.0306. The lowest BCUT2D eigenvalue weighted by atomic mass is 10.1. The topological polar surface area (TPSA) is 40.5 Å². The van der Waals surface area contributed by atoms with Gasteiger partial charge in [-0.25, -0.2) is 0 Å². The van der Waals surface area contributed by atoms with E-state index in [9.17, 15) is 4.79 Å². The van der Waals surface area contributed by atoms with Gasteiger partial charge in [0.15, 0.2) is 5.78 Å². The Balaban J connectivity index is 2.12. The summed E-state index contributed by atoms with van der Waals surface area (Å²) in [6, 6.07) is 5.47. The van der Waals surface area contributed by atoms with E-state index in [2.05, 4.69) is 4.90 Å². The summed E-state index contributed by atoms with van der Waals surface area (Å²) in [5, 5.41) is 9.59. The van der Waals surface area contributed by atoms with Gasteiger partial charge in [-0.05, 0) is 43.9 Å². The molecule has 4 heteroatoms. The van der Waals surface area contributed by atoms with Crippen LogP contribution in [0.1, 0.15) is 30.1 Å². The van der Waals surface area contributed by atoms with Crippen LogP contribution in [0.3, 0.4) is 0 Å². The minimum Gasteiger partial charge on any atom is -0.396 e. The molecule has 1 fully saturated rings. The molecule has 0 amide bonds. The summed E-state index contributed by atoms with van der Waals surface area (Å²) in [6.07, 6.45) is 1.94. The lowest BCUT2D eigenvalue weighted by Gasteiger charge is -2.20. The smallest absolute Gasteiger partial charge is 0.159 e. The van der Waals surface area contributed by atoms with Crippen LogP contribution in [0.15, 0.2) is 18.2 Å². The van der Waals surface area contributed by atoms with E-state index in [1.165, 1.54) is 0 Å². The molecule has 1 N–H and O–H groups in total. The van der Waals surface area contributed by atoms with Crippen LogP contribution in [0.25, 0.3) is 0 Å². The van der Waals surface area contributed by atoms with E-state index in [0.29, 0.717) is 16.5 Å². The number of nitrogens with zero attached hydrogens (tertiary/aromatic N) is 1. The maximum atomic E-state index is 11.3. The number of carbonyl (C=O) groups excluding carboxylic acids is 1. The molecule has 1 aromatic rings. The molecule has 1 saturated heterocycles. The first-order chi connectivity index (χ1) is 8.61. The molecule has 1 atom stereocenters. The number of aliphatic hydroxyl groups excluding tert-OH is 1. The zero-order chi connectivity index (χ0) is 13.1. The van der Waals surface area contributed by atoms with Crippen LogP contribution in [-0.4, -0.2) is 30.6 Å². The average Bonchev–Trinajstić information content (AvgIpc) is 2.77. The highest BCUT2D eigenvalue weighted by atomic mass is 35.5. The molecule has 1 aliphatic heterocycles. The fraction of sp³-hybridized carbons (Fsp3) is 0.500. The third-order valence-corrected chi connectivity index (χ3v) is 3.82. The van der Waals surface area contributed by atoms with Crippen LogP contribution in [0.4, 0.5) is 5.69 Å². The highest BCUT2D eigenvalue weighted by molar-refractivity contribution is 6.33. The highest BCUT2D eigenvalue weighted by Crippen LogP contribution is 2.32. The fourth-order valence-corrected chi connectivity index (χ4v) is 2.75. The van der Waals surface area contributed by atoms with Crippen molar-refractivity contribution in [1.82, 2.24) is 0 Å². The summed E-state index contributed by atoms with van der Waals surface area (Å²) in [6.45, 7) is 3.68. The van der Waals surface area contributed by atoms with E-state index in [1.54, 1.807) is 13.0 Å². The molecular weight excluding hydrogens is 250 g/mol. The second kappa shape index (κ2) is 5.72. The van der Waals surface area contributed by atoms with E-state index in [0.717, 1.165) is 31.6 Å². The number of hydrogen-bond acceptors (Lipinski definition) is 3. The zero-order valence-electron chi connectivity index (χ0n) is 10.5. The van der Waals surface area contributed by atoms with Crippen LogP contribution in [-0.2, 0) is 0 Å². The molecule has 1 heterocycles. The zero-order valence-corrected chi connectivity index (χ0v) is 11.3. The fourth-order valence-electron chi connectivity index (χ4n) is 2.45. The van der Waals surface area contributed by atoms with Gasteiger partial charge in [0, 0.05) is 25.3 Å². The van der Waals surface area contributed by atoms with Crippen LogP contribution >= 0.6 is 11.6 Å². The van der Waals surface area contributed by atoms with Gasteiger partial charge in [0.25, 0.3) is 0 Å². The Labute approximate surface area is 112 Å². The monoisotopic (exact) mass is 267 g/mol. The van der Waals surface area contributed by atoms with Crippen LogP contribution in [0.5, 0.6) is 0 Å². The third-order valence-electron chi connectivity index (χ3n) is 3.52. The van der Waals surface area contributed by atoms with Gasteiger partial charge in [0.1, 0.15) is 0 Å². The van der Waals surface area contributed by atoms with Crippen molar-refractivity contribution in [3.63, 3.8) is 0 Å². The Bertz CT molecular complexity index is 447. The van der Waals surface area contributed by atoms with Crippen molar-refractivity contribution in [3.05, 3.63) is 28.8 Å². The molecule has 0 aromatic heterocycles. The average molecular weight is 268 g/mol. The Hall–Kier alpha value is -1.06. The van der Waals surface area contributed by atoms with Crippen LogP contribution in [0, 0.1) is 5.92 Å². The number of carbonyl (C=O) groups is 1. The summed E-state index contributed by atoms with van der Waals surface area (Å²) in [5.41, 5.74) is 1.64. The van der Waals surface area contributed by atoms with Crippen molar-refractivity contribution < 1.29 is 9.90 Å². The first-order valence-corrected chi connectivity index (χ1v) is 6.66. The lowest BCUT2D eigenvalue weighted by Crippen LogP contribution is -2.20. The molecule has 18 heavy (non-hydrogen) atoms. The molecule has 1 aliphatic rings. The molecule has 0 spiro atoms. The molecule has 0 aliphatic carbocycles. The van der Waals surface area contributed by atoms with E-state index in [4.69, 9.17) is 16.7 Å². The molecular formula is C14H18ClNO2. The second-order valence-electron chi connectivity index (χ2n) is 4.84. The first kappa shape index (κ1) is 13.4. The summed E-state index contributed by atoms with van der Waals surface area (Å²) >= 11 is 6.24. The van der Waals surface area contributed by atoms with Gasteiger partial charge in [-0.2, -0.15) is 0 Å². The van der Waals surface area contributed by atoms with E-state index in [-0.39, 0.29) is 12.4 Å². The van der Waals surface area contributed by atoms with Crippen molar-refractivity contribution in [2.24, 2.45) is 5.92 Å². The SMILES string of the molecule is CC(=O)c1ccc(N2CCC(CCO)C2)c(Cl)c1. The molecule has 0 bridgehead atoms. The minimum absolute atomic E-state index is 0.0306. The summed E-state index contributed by atoms with van der Waals surface area (Å²) in [4.78, 5) is 13.5. The number of hydrogen-bond donors (Lipinski definition) is 1. The number of rotatable bonds is 4. The number of Topliss-reactive ketones (excluding diaryl/α,β-unsaturated/α-hetero) is 1. The van der Waals surface area contributed by atoms with Gasteiger partial charge in [0.2, 0.25) is 0 Å². The molecule has 0 radical (unpaired) electrons. The maximum absolute atomic E-state index is 11.3. The Morgan fingerprint density at radius 3 is 2.94 bits per heavy atom. The highest BCUT2D eigenvalue weighted by Gasteiger charge is 2.23. The van der Waals surface area contributed by atoms with Crippen molar-refractivity contribution in [2.45, 2.75) is 19.8 Å². The molecule has 1 unspecified atom stereocenters. The second-order valence-corrected chi connectivity index (χ2v) is 5.24. The van der Waals surface area contributed by atoms with Crippen LogP contribution < -0.4 is 4.90 Å². The molecule has 0 saturated carbocycles. The number of halogens is 1. The number of ketones is 1. The van der Waals surface area contributed by atoms with Crippen LogP contribution in [0.2, 0.25) is 5.02 Å². The summed E-state index contributed by atoms with van der Waals surface area (Å²) < 4.78 is 0. The van der Waals surface area contributed by atoms with Gasteiger partial charge in [-0.15, -0.1) is 0 Å². The van der Waals surface area contributed by atoms with E-state index < -0.39 is 0 Å². The van der Waals surface area contributed by atoms with Crippen molar-refractivity contribution in [1.29, 1.82) is 0 Å². The van der Waals surface area contributed by atoms with Gasteiger partial charge in [-0.1, -0.05) is 11.6 Å². The largest absolute Gasteiger partial charge is 0.396 e. The third kappa shape index (κ3) is 2.85. The summed E-state index contributed by atoms with van der Waals surface area (Å²) in [5.74, 6) is 0.571. The quantitative estimate of drug-likeness (QED) is 0.853. The number of benzene rings is 1.